The molecule has 1 saturated heterocycles. The lowest BCUT2D eigenvalue weighted by molar-refractivity contribution is 0.0966. The Bertz CT molecular complexity index is 320. The minimum Gasteiger partial charge on any atom is -0.314 e. The lowest BCUT2D eigenvalue weighted by atomic mass is 9.98. The van der Waals surface area contributed by atoms with E-state index < -0.39 is 5.54 Å². The Morgan fingerprint density at radius 1 is 1.15 bits per heavy atom. The molecule has 1 aliphatic heterocycles. The zero-order valence-electron chi connectivity index (χ0n) is 13.0. The van der Waals surface area contributed by atoms with Crippen molar-refractivity contribution in [2.24, 2.45) is 5.73 Å². The number of nitrogens with zero attached hydrogens (tertiary/aromatic N) is 3. The molecule has 0 amide bonds. The zero-order valence-corrected chi connectivity index (χ0v) is 13.0. The second kappa shape index (κ2) is 7.40. The van der Waals surface area contributed by atoms with Crippen LogP contribution in [0.25, 0.3) is 0 Å². The van der Waals surface area contributed by atoms with Crippen LogP contribution in [0.15, 0.2) is 0 Å². The first-order valence-corrected chi connectivity index (χ1v) is 8.27. The summed E-state index contributed by atoms with van der Waals surface area (Å²) in [6, 6.07) is 3.05. The summed E-state index contributed by atoms with van der Waals surface area (Å²) < 4.78 is 0. The van der Waals surface area contributed by atoms with Crippen LogP contribution in [0, 0.1) is 11.3 Å². The van der Waals surface area contributed by atoms with Gasteiger partial charge in [-0.25, -0.2) is 0 Å². The number of nitrogens with two attached hydrogens (primary N) is 1. The van der Waals surface area contributed by atoms with Gasteiger partial charge >= 0.3 is 0 Å². The number of hydrogen-bond acceptors (Lipinski definition) is 4. The van der Waals surface area contributed by atoms with Gasteiger partial charge in [-0.15, -0.1) is 0 Å². The smallest absolute Gasteiger partial charge is 0.101 e. The van der Waals surface area contributed by atoms with Gasteiger partial charge in [-0.3, -0.25) is 4.90 Å². The minimum atomic E-state index is -0.638. The highest BCUT2D eigenvalue weighted by atomic mass is 15.3. The van der Waals surface area contributed by atoms with E-state index in [9.17, 15) is 0 Å². The molecule has 0 radical (unpaired) electrons. The first kappa shape index (κ1) is 15.8. The van der Waals surface area contributed by atoms with Crippen molar-refractivity contribution in [3.8, 4) is 6.07 Å². The van der Waals surface area contributed by atoms with Crippen molar-refractivity contribution in [2.75, 3.05) is 32.7 Å². The molecule has 1 saturated carbocycles. The van der Waals surface area contributed by atoms with Crippen LogP contribution < -0.4 is 5.73 Å². The van der Waals surface area contributed by atoms with Crippen molar-refractivity contribution in [1.29, 1.82) is 5.26 Å². The normalized spacial score (nSPS) is 25.4. The van der Waals surface area contributed by atoms with E-state index in [1.54, 1.807) is 0 Å². The van der Waals surface area contributed by atoms with E-state index >= 15 is 0 Å². The lowest BCUT2D eigenvalue weighted by Gasteiger charge is -2.38. The molecule has 20 heavy (non-hydrogen) atoms. The van der Waals surface area contributed by atoms with Crippen molar-refractivity contribution in [3.05, 3.63) is 0 Å². The van der Waals surface area contributed by atoms with Gasteiger partial charge in [-0.2, -0.15) is 5.26 Å². The Morgan fingerprint density at radius 3 is 2.40 bits per heavy atom. The highest BCUT2D eigenvalue weighted by Crippen LogP contribution is 2.24. The minimum absolute atomic E-state index is 0.638. The fourth-order valence-corrected chi connectivity index (χ4v) is 3.51. The number of rotatable bonds is 6. The highest BCUT2D eigenvalue weighted by Gasteiger charge is 2.25. The molecule has 0 spiro atoms. The zero-order chi connectivity index (χ0) is 14.4. The monoisotopic (exact) mass is 278 g/mol. The summed E-state index contributed by atoms with van der Waals surface area (Å²) in [5, 5.41) is 8.88. The molecule has 1 unspecified atom stereocenters. The van der Waals surface area contributed by atoms with Crippen LogP contribution in [0.3, 0.4) is 0 Å². The second-order valence-electron chi connectivity index (χ2n) is 6.80. The van der Waals surface area contributed by atoms with Crippen LogP contribution >= 0.6 is 0 Å². The van der Waals surface area contributed by atoms with Gasteiger partial charge in [0.1, 0.15) is 5.54 Å². The topological polar surface area (TPSA) is 56.3 Å². The molecule has 4 heteroatoms. The number of piperazine rings is 1. The van der Waals surface area contributed by atoms with E-state index in [0.717, 1.165) is 25.3 Å². The molecule has 4 nitrogen and oxygen atoms in total. The van der Waals surface area contributed by atoms with E-state index in [0.29, 0.717) is 0 Å². The van der Waals surface area contributed by atoms with Crippen LogP contribution in [0.2, 0.25) is 0 Å². The number of hydrogen-bond donors (Lipinski definition) is 1. The van der Waals surface area contributed by atoms with Gasteiger partial charge in [-0.1, -0.05) is 12.8 Å². The third-order valence-electron chi connectivity index (χ3n) is 4.92. The van der Waals surface area contributed by atoms with E-state index in [-0.39, 0.29) is 0 Å². The molecule has 2 N–H and O–H groups in total. The summed E-state index contributed by atoms with van der Waals surface area (Å²) in [6.45, 7) is 7.92. The number of nitriles is 1. The molecule has 2 aliphatic rings. The average Bonchev–Trinajstić information content (AvgIpc) is 2.98. The SMILES string of the molecule is CC(N)(C#N)CCCCN1CCN(C2CCCC2)CC1. The Balaban J connectivity index is 1.57. The van der Waals surface area contributed by atoms with Crippen LogP contribution in [0.5, 0.6) is 0 Å². The van der Waals surface area contributed by atoms with Crippen LogP contribution in [0.1, 0.15) is 51.9 Å². The Morgan fingerprint density at radius 2 is 1.80 bits per heavy atom. The fraction of sp³-hybridized carbons (Fsp3) is 0.938. The van der Waals surface area contributed by atoms with Crippen molar-refractivity contribution in [3.63, 3.8) is 0 Å². The van der Waals surface area contributed by atoms with Gasteiger partial charge in [0.25, 0.3) is 0 Å². The molecular formula is C16H30N4. The molecule has 0 aromatic rings. The van der Waals surface area contributed by atoms with Crippen LogP contribution in [0.4, 0.5) is 0 Å². The summed E-state index contributed by atoms with van der Waals surface area (Å²) in [4.78, 5) is 5.28. The van der Waals surface area contributed by atoms with Gasteiger partial charge in [0, 0.05) is 32.2 Å². The van der Waals surface area contributed by atoms with Crippen LogP contribution in [-0.4, -0.2) is 54.1 Å². The third-order valence-corrected chi connectivity index (χ3v) is 4.92. The van der Waals surface area contributed by atoms with Crippen molar-refractivity contribution >= 4 is 0 Å². The van der Waals surface area contributed by atoms with E-state index in [4.69, 9.17) is 11.0 Å². The Hall–Kier alpha value is -0.630. The van der Waals surface area contributed by atoms with E-state index in [2.05, 4.69) is 15.9 Å². The molecule has 0 aromatic carbocycles. The molecule has 2 fully saturated rings. The molecule has 1 heterocycles. The van der Waals surface area contributed by atoms with Gasteiger partial charge < -0.3 is 10.6 Å². The third kappa shape index (κ3) is 4.73. The predicted molar refractivity (Wildman–Crippen MR) is 82.3 cm³/mol. The van der Waals surface area contributed by atoms with Gasteiger partial charge in [0.2, 0.25) is 0 Å². The predicted octanol–water partition coefficient (Wildman–Crippen LogP) is 1.96. The Kier molecular flexibility index (Phi) is 5.83. The standard InChI is InChI=1S/C16H30N4/c1-16(18,14-17)8-4-5-9-19-10-12-20(13-11-19)15-6-2-3-7-15/h15H,2-13,18H2,1H3. The first-order chi connectivity index (χ1) is 9.61. The van der Waals surface area contributed by atoms with Gasteiger partial charge in [0.15, 0.2) is 0 Å². The molecular weight excluding hydrogens is 248 g/mol. The largest absolute Gasteiger partial charge is 0.314 e. The first-order valence-electron chi connectivity index (χ1n) is 8.27. The maximum atomic E-state index is 8.88. The molecule has 1 aliphatic carbocycles. The molecule has 1 atom stereocenters. The molecule has 0 bridgehead atoms. The Labute approximate surface area is 123 Å². The highest BCUT2D eigenvalue weighted by molar-refractivity contribution is 5.00. The second-order valence-corrected chi connectivity index (χ2v) is 6.80. The van der Waals surface area contributed by atoms with Crippen molar-refractivity contribution in [2.45, 2.75) is 63.5 Å². The molecule has 114 valence electrons. The van der Waals surface area contributed by atoms with E-state index in [1.165, 1.54) is 58.4 Å². The van der Waals surface area contributed by atoms with Crippen molar-refractivity contribution < 1.29 is 0 Å². The maximum Gasteiger partial charge on any atom is 0.101 e. The maximum absolute atomic E-state index is 8.88. The lowest BCUT2D eigenvalue weighted by Crippen LogP contribution is -2.49. The van der Waals surface area contributed by atoms with E-state index in [1.807, 2.05) is 6.92 Å². The van der Waals surface area contributed by atoms with Crippen molar-refractivity contribution in [1.82, 2.24) is 9.80 Å². The summed E-state index contributed by atoms with van der Waals surface area (Å²) in [5.41, 5.74) is 5.20. The summed E-state index contributed by atoms with van der Waals surface area (Å²) in [7, 11) is 0. The number of unbranched alkanes of at least 4 members (excludes halogenated alkanes) is 1. The average molecular weight is 278 g/mol. The van der Waals surface area contributed by atoms with Gasteiger partial charge in [-0.05, 0) is 45.6 Å². The molecule has 0 aromatic heterocycles. The van der Waals surface area contributed by atoms with Crippen LogP contribution in [-0.2, 0) is 0 Å². The molecule has 2 rings (SSSR count). The summed E-state index contributed by atoms with van der Waals surface area (Å²) in [6.07, 6.45) is 8.74. The van der Waals surface area contributed by atoms with Gasteiger partial charge in [0.05, 0.1) is 6.07 Å². The fourth-order valence-electron chi connectivity index (χ4n) is 3.51. The summed E-state index contributed by atoms with van der Waals surface area (Å²) in [5.74, 6) is 0. The summed E-state index contributed by atoms with van der Waals surface area (Å²) >= 11 is 0. The quantitative estimate of drug-likeness (QED) is 0.755.